The van der Waals surface area contributed by atoms with Crippen molar-refractivity contribution in [2.75, 3.05) is 0 Å². The first kappa shape index (κ1) is 16.9. The maximum atomic E-state index is 12.0. The summed E-state index contributed by atoms with van der Waals surface area (Å²) in [5, 5.41) is 11.5. The van der Waals surface area contributed by atoms with E-state index in [4.69, 9.17) is 5.11 Å². The molecular weight excluding hydrogens is 284 g/mol. The van der Waals surface area contributed by atoms with Crippen molar-refractivity contribution in [2.24, 2.45) is 5.41 Å². The number of amides is 1. The van der Waals surface area contributed by atoms with Crippen molar-refractivity contribution in [2.45, 2.75) is 33.4 Å². The van der Waals surface area contributed by atoms with Gasteiger partial charge in [-0.3, -0.25) is 4.79 Å². The van der Waals surface area contributed by atoms with Crippen LogP contribution in [0.25, 0.3) is 0 Å². The Kier molecular flexibility index (Phi) is 5.23. The molecule has 0 fully saturated rings. The van der Waals surface area contributed by atoms with Crippen LogP contribution in [-0.4, -0.2) is 29.6 Å². The second-order valence-corrected chi connectivity index (χ2v) is 5.51. The van der Waals surface area contributed by atoms with Gasteiger partial charge in [0, 0.05) is 5.56 Å². The smallest absolute Gasteiger partial charge is 0.387 e. The number of halogens is 2. The van der Waals surface area contributed by atoms with Crippen LogP contribution in [0.3, 0.4) is 0 Å². The maximum Gasteiger partial charge on any atom is 0.387 e. The molecule has 0 bridgehead atoms. The summed E-state index contributed by atoms with van der Waals surface area (Å²) >= 11 is 0. The molecule has 0 saturated carbocycles. The number of carbonyl (C=O) groups is 2. The van der Waals surface area contributed by atoms with Gasteiger partial charge < -0.3 is 15.2 Å². The topological polar surface area (TPSA) is 75.6 Å². The molecule has 1 aromatic carbocycles. The third-order valence-electron chi connectivity index (χ3n) is 2.73. The average molecular weight is 301 g/mol. The van der Waals surface area contributed by atoms with Gasteiger partial charge >= 0.3 is 12.6 Å². The van der Waals surface area contributed by atoms with Crippen LogP contribution in [0.5, 0.6) is 5.75 Å². The Hall–Kier alpha value is -2.18. The van der Waals surface area contributed by atoms with E-state index in [-0.39, 0.29) is 11.3 Å². The van der Waals surface area contributed by atoms with Crippen LogP contribution in [0.15, 0.2) is 24.3 Å². The zero-order valence-electron chi connectivity index (χ0n) is 11.9. The Morgan fingerprint density at radius 3 is 2.10 bits per heavy atom. The van der Waals surface area contributed by atoms with E-state index in [1.54, 1.807) is 20.8 Å². The van der Waals surface area contributed by atoms with Crippen molar-refractivity contribution < 1.29 is 28.2 Å². The van der Waals surface area contributed by atoms with Gasteiger partial charge in [-0.2, -0.15) is 8.78 Å². The Morgan fingerprint density at radius 2 is 1.71 bits per heavy atom. The monoisotopic (exact) mass is 301 g/mol. The highest BCUT2D eigenvalue weighted by atomic mass is 19.3. The van der Waals surface area contributed by atoms with Gasteiger partial charge in [0.05, 0.1) is 0 Å². The zero-order chi connectivity index (χ0) is 16.2. The second kappa shape index (κ2) is 6.51. The fraction of sp³-hybridized carbons (Fsp3) is 0.429. The van der Waals surface area contributed by atoms with Crippen LogP contribution in [0.2, 0.25) is 0 Å². The Labute approximate surface area is 120 Å². The number of carboxylic acid groups (broad SMARTS) is 1. The summed E-state index contributed by atoms with van der Waals surface area (Å²) in [5.41, 5.74) is -0.507. The number of carbonyl (C=O) groups excluding carboxylic acids is 1. The van der Waals surface area contributed by atoms with Crippen molar-refractivity contribution in [3.8, 4) is 5.75 Å². The number of aliphatic carboxylic acids is 1. The molecule has 0 radical (unpaired) electrons. The molecule has 1 aromatic rings. The molecule has 0 unspecified atom stereocenters. The summed E-state index contributed by atoms with van der Waals surface area (Å²) in [5.74, 6) is -1.82. The molecule has 0 heterocycles. The lowest BCUT2D eigenvalue weighted by Crippen LogP contribution is -2.49. The van der Waals surface area contributed by atoms with E-state index in [2.05, 4.69) is 10.1 Å². The van der Waals surface area contributed by atoms with E-state index in [1.165, 1.54) is 24.3 Å². The fourth-order valence-corrected chi connectivity index (χ4v) is 1.65. The van der Waals surface area contributed by atoms with Crippen LogP contribution >= 0.6 is 0 Å². The largest absolute Gasteiger partial charge is 0.480 e. The summed E-state index contributed by atoms with van der Waals surface area (Å²) in [6.07, 6.45) is 0. The van der Waals surface area contributed by atoms with E-state index in [1.807, 2.05) is 0 Å². The molecule has 0 aliphatic rings. The summed E-state index contributed by atoms with van der Waals surface area (Å²) in [6, 6.07) is 3.94. The first-order valence-corrected chi connectivity index (χ1v) is 6.20. The average Bonchev–Trinajstić information content (AvgIpc) is 2.34. The molecule has 0 aromatic heterocycles. The Bertz CT molecular complexity index is 509. The lowest BCUT2D eigenvalue weighted by Gasteiger charge is -2.27. The Balaban J connectivity index is 2.81. The van der Waals surface area contributed by atoms with Crippen molar-refractivity contribution in [1.29, 1.82) is 0 Å². The number of carboxylic acids is 1. The van der Waals surface area contributed by atoms with Crippen molar-refractivity contribution in [1.82, 2.24) is 5.32 Å². The van der Waals surface area contributed by atoms with Gasteiger partial charge in [0.15, 0.2) is 0 Å². The summed E-state index contributed by atoms with van der Waals surface area (Å²) in [7, 11) is 0. The van der Waals surface area contributed by atoms with Crippen LogP contribution in [0, 0.1) is 5.41 Å². The van der Waals surface area contributed by atoms with Gasteiger partial charge in [0.2, 0.25) is 0 Å². The molecule has 0 aliphatic heterocycles. The van der Waals surface area contributed by atoms with Crippen molar-refractivity contribution in [3.63, 3.8) is 0 Å². The highest BCUT2D eigenvalue weighted by Crippen LogP contribution is 2.20. The zero-order valence-corrected chi connectivity index (χ0v) is 11.9. The second-order valence-electron chi connectivity index (χ2n) is 5.51. The molecule has 5 nitrogen and oxygen atoms in total. The van der Waals surface area contributed by atoms with Gasteiger partial charge in [0.1, 0.15) is 11.8 Å². The molecule has 1 amide bonds. The lowest BCUT2D eigenvalue weighted by atomic mass is 9.86. The number of ether oxygens (including phenoxy) is 1. The van der Waals surface area contributed by atoms with Crippen molar-refractivity contribution >= 4 is 11.9 Å². The molecular formula is C14H17F2NO4. The minimum Gasteiger partial charge on any atom is -0.480 e. The standard InChI is InChI=1S/C14H17F2NO4/c1-14(2,3)10(12(19)20)17-11(18)8-4-6-9(7-5-8)21-13(15)16/h4-7,10,13H,1-3H3,(H,17,18)(H,19,20)/t10-/m0/s1. The van der Waals surface area contributed by atoms with E-state index in [0.717, 1.165) is 0 Å². The summed E-state index contributed by atoms with van der Waals surface area (Å²) in [6.45, 7) is 2.12. The van der Waals surface area contributed by atoms with E-state index < -0.39 is 29.9 Å². The molecule has 21 heavy (non-hydrogen) atoms. The van der Waals surface area contributed by atoms with E-state index in [9.17, 15) is 18.4 Å². The molecule has 0 saturated heterocycles. The minimum atomic E-state index is -2.94. The number of benzene rings is 1. The van der Waals surface area contributed by atoms with E-state index in [0.29, 0.717) is 0 Å². The predicted octanol–water partition coefficient (Wildman–Crippen LogP) is 2.52. The third-order valence-corrected chi connectivity index (χ3v) is 2.73. The molecule has 116 valence electrons. The highest BCUT2D eigenvalue weighted by Gasteiger charge is 2.32. The van der Waals surface area contributed by atoms with E-state index >= 15 is 0 Å². The van der Waals surface area contributed by atoms with Gasteiger partial charge in [-0.05, 0) is 29.7 Å². The Morgan fingerprint density at radius 1 is 1.19 bits per heavy atom. The normalized spacial score (nSPS) is 12.9. The quantitative estimate of drug-likeness (QED) is 0.876. The third kappa shape index (κ3) is 5.02. The SMILES string of the molecule is CC(C)(C)[C@@H](NC(=O)c1ccc(OC(F)F)cc1)C(=O)O. The van der Waals surface area contributed by atoms with Crippen LogP contribution in [0.4, 0.5) is 8.78 Å². The highest BCUT2D eigenvalue weighted by molar-refractivity contribution is 5.96. The van der Waals surface area contributed by atoms with Gasteiger partial charge in [-0.15, -0.1) is 0 Å². The minimum absolute atomic E-state index is 0.0767. The predicted molar refractivity (Wildman–Crippen MR) is 71.4 cm³/mol. The lowest BCUT2D eigenvalue weighted by molar-refractivity contribution is -0.142. The number of rotatable bonds is 5. The maximum absolute atomic E-state index is 12.0. The molecule has 1 atom stereocenters. The molecule has 0 spiro atoms. The van der Waals surface area contributed by atoms with Crippen molar-refractivity contribution in [3.05, 3.63) is 29.8 Å². The first-order chi connectivity index (χ1) is 9.61. The van der Waals surface area contributed by atoms with Gasteiger partial charge in [-0.25, -0.2) is 4.79 Å². The first-order valence-electron chi connectivity index (χ1n) is 6.20. The van der Waals surface area contributed by atoms with Crippen LogP contribution < -0.4 is 10.1 Å². The number of alkyl halides is 2. The number of hydrogen-bond acceptors (Lipinski definition) is 3. The van der Waals surface area contributed by atoms with Gasteiger partial charge in [-0.1, -0.05) is 20.8 Å². The molecule has 0 aliphatic carbocycles. The molecule has 2 N–H and O–H groups in total. The van der Waals surface area contributed by atoms with Gasteiger partial charge in [0.25, 0.3) is 5.91 Å². The molecule has 1 rings (SSSR count). The fourth-order valence-electron chi connectivity index (χ4n) is 1.65. The number of nitrogens with one attached hydrogen (secondary N) is 1. The number of hydrogen-bond donors (Lipinski definition) is 2. The summed E-state index contributed by atoms with van der Waals surface area (Å²) < 4.78 is 28.2. The van der Waals surface area contributed by atoms with Crippen LogP contribution in [-0.2, 0) is 4.79 Å². The summed E-state index contributed by atoms with van der Waals surface area (Å²) in [4.78, 5) is 23.1. The van der Waals surface area contributed by atoms with Crippen LogP contribution in [0.1, 0.15) is 31.1 Å². The molecule has 7 heteroatoms.